The molecule has 2 aromatic rings. The Kier molecular flexibility index (Phi) is 4.46. The molecule has 0 radical (unpaired) electrons. The summed E-state index contributed by atoms with van der Waals surface area (Å²) < 4.78 is 5.59. The van der Waals surface area contributed by atoms with E-state index in [0.29, 0.717) is 25.1 Å². The van der Waals surface area contributed by atoms with Crippen molar-refractivity contribution in [3.63, 3.8) is 0 Å². The molecule has 4 aliphatic carbocycles. The molecule has 6 nitrogen and oxygen atoms in total. The lowest BCUT2D eigenvalue weighted by Crippen LogP contribution is -2.49. The van der Waals surface area contributed by atoms with Crippen LogP contribution in [0.4, 0.5) is 5.82 Å². The summed E-state index contributed by atoms with van der Waals surface area (Å²) in [5.41, 5.74) is 4.55. The van der Waals surface area contributed by atoms with Crippen LogP contribution in [0.3, 0.4) is 0 Å². The van der Waals surface area contributed by atoms with Crippen molar-refractivity contribution in [1.29, 1.82) is 0 Å². The number of carbonyl (C=O) groups is 1. The molecule has 8 rings (SSSR count). The minimum absolute atomic E-state index is 0.0806. The molecule has 0 unspecified atom stereocenters. The molecule has 2 aliphatic heterocycles. The second-order valence-corrected chi connectivity index (χ2v) is 11.3. The Hall–Kier alpha value is -2.63. The quantitative estimate of drug-likeness (QED) is 0.764. The summed E-state index contributed by atoms with van der Waals surface area (Å²) in [5.74, 6) is 4.88. The van der Waals surface area contributed by atoms with Crippen molar-refractivity contribution in [3.05, 3.63) is 46.9 Å². The lowest BCUT2D eigenvalue weighted by atomic mass is 9.49. The standard InChI is InChI=1S/C27H32N4O2/c32-26(21-1-2-24-20(10-21)4-6-33-24)31-5-3-22-23(14-31)29-16-30-25(22)28-15-27-11-17-7-18(12-27)9-19(8-17)13-27/h1-2,10,16-19H,3-9,11-15H2,(H,28,29,30). The van der Waals surface area contributed by atoms with E-state index in [9.17, 15) is 4.79 Å². The summed E-state index contributed by atoms with van der Waals surface area (Å²) in [6.45, 7) is 3.01. The third-order valence-corrected chi connectivity index (χ3v) is 9.03. The van der Waals surface area contributed by atoms with Gasteiger partial charge in [-0.25, -0.2) is 9.97 Å². The summed E-state index contributed by atoms with van der Waals surface area (Å²) in [4.78, 5) is 24.3. The number of carbonyl (C=O) groups excluding carboxylic acids is 1. The van der Waals surface area contributed by atoms with Crippen LogP contribution in [0.25, 0.3) is 0 Å². The zero-order valence-electron chi connectivity index (χ0n) is 19.2. The number of benzene rings is 1. The predicted octanol–water partition coefficient (Wildman–Crippen LogP) is 4.24. The summed E-state index contributed by atoms with van der Waals surface area (Å²) in [5, 5.41) is 3.77. The maximum absolute atomic E-state index is 13.2. The minimum atomic E-state index is 0.0806. The monoisotopic (exact) mass is 444 g/mol. The van der Waals surface area contributed by atoms with Crippen LogP contribution in [-0.4, -0.2) is 40.5 Å². The van der Waals surface area contributed by atoms with Crippen LogP contribution in [0.1, 0.15) is 65.7 Å². The van der Waals surface area contributed by atoms with Crippen LogP contribution >= 0.6 is 0 Å². The average Bonchev–Trinajstić information content (AvgIpc) is 3.29. The molecule has 172 valence electrons. The van der Waals surface area contributed by atoms with E-state index in [4.69, 9.17) is 4.74 Å². The Morgan fingerprint density at radius 2 is 1.88 bits per heavy atom. The van der Waals surface area contributed by atoms with Crippen molar-refractivity contribution < 1.29 is 9.53 Å². The molecule has 0 spiro atoms. The van der Waals surface area contributed by atoms with Gasteiger partial charge in [0.15, 0.2) is 0 Å². The molecule has 1 N–H and O–H groups in total. The summed E-state index contributed by atoms with van der Waals surface area (Å²) >= 11 is 0. The number of ether oxygens (including phenoxy) is 1. The minimum Gasteiger partial charge on any atom is -0.493 e. The van der Waals surface area contributed by atoms with E-state index >= 15 is 0 Å². The van der Waals surface area contributed by atoms with Crippen LogP contribution in [-0.2, 0) is 19.4 Å². The van der Waals surface area contributed by atoms with Gasteiger partial charge in [0.25, 0.3) is 5.91 Å². The highest BCUT2D eigenvalue weighted by atomic mass is 16.5. The van der Waals surface area contributed by atoms with Crippen molar-refractivity contribution in [3.8, 4) is 5.75 Å². The normalized spacial score (nSPS) is 31.2. The molecule has 0 saturated heterocycles. The number of hydrogen-bond donors (Lipinski definition) is 1. The topological polar surface area (TPSA) is 67.3 Å². The zero-order chi connectivity index (χ0) is 22.0. The number of rotatable bonds is 4. The molecule has 1 aromatic heterocycles. The molecule has 33 heavy (non-hydrogen) atoms. The molecule has 0 atom stereocenters. The molecule has 1 aromatic carbocycles. The Morgan fingerprint density at radius 3 is 2.67 bits per heavy atom. The van der Waals surface area contributed by atoms with Crippen LogP contribution in [0.2, 0.25) is 0 Å². The molecular formula is C27H32N4O2. The molecule has 4 bridgehead atoms. The zero-order valence-corrected chi connectivity index (χ0v) is 19.2. The Labute approximate surface area is 195 Å². The molecule has 4 fully saturated rings. The van der Waals surface area contributed by atoms with Crippen molar-refractivity contribution >= 4 is 11.7 Å². The molecule has 3 heterocycles. The van der Waals surface area contributed by atoms with E-state index in [-0.39, 0.29) is 5.91 Å². The van der Waals surface area contributed by atoms with Crippen molar-refractivity contribution in [2.45, 2.75) is 57.9 Å². The number of nitrogens with zero attached hydrogens (tertiary/aromatic N) is 3. The van der Waals surface area contributed by atoms with E-state index in [1.54, 1.807) is 6.33 Å². The first-order chi connectivity index (χ1) is 16.1. The lowest BCUT2D eigenvalue weighted by molar-refractivity contribution is -0.0444. The maximum Gasteiger partial charge on any atom is 0.254 e. The predicted molar refractivity (Wildman–Crippen MR) is 125 cm³/mol. The highest BCUT2D eigenvalue weighted by Gasteiger charge is 2.50. The first kappa shape index (κ1) is 19.8. The molecule has 1 amide bonds. The van der Waals surface area contributed by atoms with Crippen LogP contribution in [0.15, 0.2) is 24.5 Å². The molecule has 6 aliphatic rings. The number of fused-ring (bicyclic) bond motifs is 2. The molecule has 4 saturated carbocycles. The highest BCUT2D eigenvalue weighted by molar-refractivity contribution is 5.94. The van der Waals surface area contributed by atoms with Gasteiger partial charge in [0.05, 0.1) is 18.8 Å². The van der Waals surface area contributed by atoms with Gasteiger partial charge in [0, 0.05) is 30.6 Å². The fourth-order valence-electron chi connectivity index (χ4n) is 7.96. The van der Waals surface area contributed by atoms with E-state index < -0.39 is 0 Å². The van der Waals surface area contributed by atoms with Crippen LogP contribution < -0.4 is 10.1 Å². The second kappa shape index (κ2) is 7.44. The lowest BCUT2D eigenvalue weighted by Gasteiger charge is -2.57. The van der Waals surface area contributed by atoms with Gasteiger partial charge in [-0.05, 0) is 91.9 Å². The summed E-state index contributed by atoms with van der Waals surface area (Å²) in [7, 11) is 0. The fraction of sp³-hybridized carbons (Fsp3) is 0.593. The van der Waals surface area contributed by atoms with E-state index in [2.05, 4.69) is 15.3 Å². The Bertz CT molecular complexity index is 1080. The first-order valence-corrected chi connectivity index (χ1v) is 12.8. The first-order valence-electron chi connectivity index (χ1n) is 12.8. The summed E-state index contributed by atoms with van der Waals surface area (Å²) in [6, 6.07) is 5.82. The van der Waals surface area contributed by atoms with E-state index in [0.717, 1.165) is 65.5 Å². The van der Waals surface area contributed by atoms with E-state index in [1.807, 2.05) is 23.1 Å². The van der Waals surface area contributed by atoms with Gasteiger partial charge in [0.1, 0.15) is 17.9 Å². The molecule has 6 heteroatoms. The van der Waals surface area contributed by atoms with Gasteiger partial charge in [-0.3, -0.25) is 4.79 Å². The molecular weight excluding hydrogens is 412 g/mol. The van der Waals surface area contributed by atoms with Gasteiger partial charge in [0.2, 0.25) is 0 Å². The fourth-order valence-corrected chi connectivity index (χ4v) is 7.96. The number of nitrogens with one attached hydrogen (secondary N) is 1. The van der Waals surface area contributed by atoms with Crippen LogP contribution in [0.5, 0.6) is 5.75 Å². The van der Waals surface area contributed by atoms with Crippen molar-refractivity contribution in [2.24, 2.45) is 23.2 Å². The number of anilines is 1. The van der Waals surface area contributed by atoms with Crippen molar-refractivity contribution in [1.82, 2.24) is 14.9 Å². The SMILES string of the molecule is O=C(c1ccc2c(c1)CCO2)N1CCc2c(ncnc2NCC23CC4CC(CC(C4)C2)C3)C1. The van der Waals surface area contributed by atoms with Crippen LogP contribution in [0, 0.1) is 23.2 Å². The van der Waals surface area contributed by atoms with Crippen molar-refractivity contribution in [2.75, 3.05) is 25.0 Å². The second-order valence-electron chi connectivity index (χ2n) is 11.3. The van der Waals surface area contributed by atoms with Gasteiger partial charge < -0.3 is 15.0 Å². The van der Waals surface area contributed by atoms with E-state index in [1.165, 1.54) is 44.1 Å². The Balaban J connectivity index is 1.06. The number of amides is 1. The summed E-state index contributed by atoms with van der Waals surface area (Å²) in [6.07, 6.45) is 12.0. The highest BCUT2D eigenvalue weighted by Crippen LogP contribution is 2.59. The van der Waals surface area contributed by atoms with Gasteiger partial charge in [-0.15, -0.1) is 0 Å². The van der Waals surface area contributed by atoms with Gasteiger partial charge in [-0.1, -0.05) is 0 Å². The third-order valence-electron chi connectivity index (χ3n) is 9.03. The third kappa shape index (κ3) is 3.41. The van der Waals surface area contributed by atoms with Gasteiger partial charge in [-0.2, -0.15) is 0 Å². The Morgan fingerprint density at radius 1 is 1.09 bits per heavy atom. The van der Waals surface area contributed by atoms with Gasteiger partial charge >= 0.3 is 0 Å². The largest absolute Gasteiger partial charge is 0.493 e. The maximum atomic E-state index is 13.2. The smallest absolute Gasteiger partial charge is 0.254 e. The number of aromatic nitrogens is 2. The average molecular weight is 445 g/mol. The number of hydrogen-bond acceptors (Lipinski definition) is 5.